The molecule has 3 aromatic rings. The van der Waals surface area contributed by atoms with Crippen LogP contribution in [-0.4, -0.2) is 50.3 Å². The summed E-state index contributed by atoms with van der Waals surface area (Å²) < 4.78 is 0. The van der Waals surface area contributed by atoms with Crippen molar-refractivity contribution in [3.05, 3.63) is 53.9 Å². The Morgan fingerprint density at radius 3 is 3.08 bits per heavy atom. The maximum Gasteiger partial charge on any atom is 0.251 e. The number of nitrogens with one attached hydrogen (secondary N) is 2. The van der Waals surface area contributed by atoms with Crippen LogP contribution in [0.4, 0.5) is 0 Å². The Morgan fingerprint density at radius 2 is 2.20 bits per heavy atom. The van der Waals surface area contributed by atoms with E-state index in [1.54, 1.807) is 18.3 Å². The highest BCUT2D eigenvalue weighted by molar-refractivity contribution is 5.97. The predicted molar refractivity (Wildman–Crippen MR) is 93.9 cm³/mol. The number of rotatable bonds is 4. The van der Waals surface area contributed by atoms with Gasteiger partial charge >= 0.3 is 0 Å². The summed E-state index contributed by atoms with van der Waals surface area (Å²) in [7, 11) is 0. The second-order valence-electron chi connectivity index (χ2n) is 6.44. The van der Waals surface area contributed by atoms with E-state index >= 15 is 0 Å². The highest BCUT2D eigenvalue weighted by Crippen LogP contribution is 2.15. The van der Waals surface area contributed by atoms with Crippen LogP contribution >= 0.6 is 0 Å². The third-order valence-corrected chi connectivity index (χ3v) is 4.55. The van der Waals surface area contributed by atoms with Crippen LogP contribution in [0, 0.1) is 0 Å². The van der Waals surface area contributed by atoms with Gasteiger partial charge < -0.3 is 5.32 Å². The van der Waals surface area contributed by atoms with Gasteiger partial charge in [-0.15, -0.1) is 0 Å². The van der Waals surface area contributed by atoms with E-state index in [4.69, 9.17) is 0 Å². The summed E-state index contributed by atoms with van der Waals surface area (Å²) in [6.45, 7) is 2.77. The van der Waals surface area contributed by atoms with Crippen molar-refractivity contribution in [2.75, 3.05) is 13.1 Å². The second kappa shape index (κ2) is 6.98. The van der Waals surface area contributed by atoms with Crippen molar-refractivity contribution >= 4 is 16.9 Å². The van der Waals surface area contributed by atoms with Gasteiger partial charge in [0.2, 0.25) is 0 Å². The summed E-state index contributed by atoms with van der Waals surface area (Å²) in [4.78, 5) is 19.1. The van der Waals surface area contributed by atoms with Gasteiger partial charge in [0, 0.05) is 37.1 Å². The van der Waals surface area contributed by atoms with Crippen LogP contribution in [0.25, 0.3) is 11.0 Å². The minimum absolute atomic E-state index is 0.0573. The molecule has 1 atom stereocenters. The Kier molecular flexibility index (Phi) is 4.39. The molecule has 7 heteroatoms. The fourth-order valence-corrected chi connectivity index (χ4v) is 3.32. The number of hydrogen-bond acceptors (Lipinski definition) is 5. The number of aromatic amines is 1. The summed E-state index contributed by atoms with van der Waals surface area (Å²) in [5.41, 5.74) is 3.28. The average molecular weight is 336 g/mol. The maximum atomic E-state index is 12.5. The first-order chi connectivity index (χ1) is 12.3. The van der Waals surface area contributed by atoms with E-state index in [1.165, 1.54) is 5.56 Å². The van der Waals surface area contributed by atoms with Gasteiger partial charge in [0.25, 0.3) is 5.91 Å². The normalized spacial score (nSPS) is 18.3. The van der Waals surface area contributed by atoms with Crippen molar-refractivity contribution in [1.82, 2.24) is 30.6 Å². The van der Waals surface area contributed by atoms with Gasteiger partial charge in [0.15, 0.2) is 0 Å². The number of amides is 1. The predicted octanol–water partition coefficient (Wildman–Crippen LogP) is 1.75. The van der Waals surface area contributed by atoms with Crippen molar-refractivity contribution in [2.24, 2.45) is 0 Å². The fraction of sp³-hybridized carbons (Fsp3) is 0.333. The van der Waals surface area contributed by atoms with Crippen LogP contribution in [0.2, 0.25) is 0 Å². The van der Waals surface area contributed by atoms with E-state index < -0.39 is 0 Å². The number of hydrogen-bond donors (Lipinski definition) is 2. The molecule has 25 heavy (non-hydrogen) atoms. The van der Waals surface area contributed by atoms with Crippen LogP contribution in [-0.2, 0) is 6.54 Å². The standard InChI is InChI=1S/C18H20N6O/c25-18(14-5-6-16-17(9-14)22-23-21-16)20-15-4-2-8-24(12-15)11-13-3-1-7-19-10-13/h1,3,5-7,9-10,15H,2,4,8,11-12H2,(H,20,25)(H,21,22,23)/t15-/m0/s1. The van der Waals surface area contributed by atoms with Crippen LogP contribution < -0.4 is 5.32 Å². The van der Waals surface area contributed by atoms with Crippen molar-refractivity contribution in [2.45, 2.75) is 25.4 Å². The SMILES string of the molecule is O=C(N[C@H]1CCCN(Cc2cccnc2)C1)c1ccc2n[nH]nc2c1. The van der Waals surface area contributed by atoms with Gasteiger partial charge in [0.1, 0.15) is 11.0 Å². The molecular weight excluding hydrogens is 316 g/mol. The van der Waals surface area contributed by atoms with Crippen LogP contribution in [0.15, 0.2) is 42.7 Å². The number of piperidine rings is 1. The molecule has 0 aliphatic carbocycles. The molecule has 4 rings (SSSR count). The molecule has 1 saturated heterocycles. The van der Waals surface area contributed by atoms with Crippen molar-refractivity contribution in [3.8, 4) is 0 Å². The highest BCUT2D eigenvalue weighted by Gasteiger charge is 2.22. The van der Waals surface area contributed by atoms with Crippen molar-refractivity contribution < 1.29 is 4.79 Å². The monoisotopic (exact) mass is 336 g/mol. The smallest absolute Gasteiger partial charge is 0.251 e. The third-order valence-electron chi connectivity index (χ3n) is 4.55. The lowest BCUT2D eigenvalue weighted by Crippen LogP contribution is -2.47. The third kappa shape index (κ3) is 3.66. The highest BCUT2D eigenvalue weighted by atomic mass is 16.1. The lowest BCUT2D eigenvalue weighted by Gasteiger charge is -2.33. The fourth-order valence-electron chi connectivity index (χ4n) is 3.32. The van der Waals surface area contributed by atoms with Gasteiger partial charge in [-0.2, -0.15) is 15.4 Å². The number of carbonyl (C=O) groups excluding carboxylic acids is 1. The molecule has 2 N–H and O–H groups in total. The Hall–Kier alpha value is -2.80. The molecule has 7 nitrogen and oxygen atoms in total. The molecule has 0 radical (unpaired) electrons. The number of carbonyl (C=O) groups is 1. The van der Waals surface area contributed by atoms with Crippen molar-refractivity contribution in [3.63, 3.8) is 0 Å². The summed E-state index contributed by atoms with van der Waals surface area (Å²) in [5, 5.41) is 13.8. The maximum absolute atomic E-state index is 12.5. The first-order valence-electron chi connectivity index (χ1n) is 8.50. The minimum atomic E-state index is -0.0573. The van der Waals surface area contributed by atoms with Gasteiger partial charge in [-0.1, -0.05) is 6.07 Å². The second-order valence-corrected chi connectivity index (χ2v) is 6.44. The number of pyridine rings is 1. The first kappa shape index (κ1) is 15.7. The average Bonchev–Trinajstić information content (AvgIpc) is 3.10. The summed E-state index contributed by atoms with van der Waals surface area (Å²) in [5.74, 6) is -0.0573. The Morgan fingerprint density at radius 1 is 1.28 bits per heavy atom. The lowest BCUT2D eigenvalue weighted by molar-refractivity contribution is 0.0901. The Labute approximate surface area is 145 Å². The lowest BCUT2D eigenvalue weighted by atomic mass is 10.0. The number of benzene rings is 1. The summed E-state index contributed by atoms with van der Waals surface area (Å²) in [6, 6.07) is 9.57. The van der Waals surface area contributed by atoms with Crippen LogP contribution in [0.5, 0.6) is 0 Å². The van der Waals surface area contributed by atoms with Crippen LogP contribution in [0.1, 0.15) is 28.8 Å². The minimum Gasteiger partial charge on any atom is -0.348 e. The molecule has 128 valence electrons. The first-order valence-corrected chi connectivity index (χ1v) is 8.50. The largest absolute Gasteiger partial charge is 0.348 e. The molecule has 2 aromatic heterocycles. The molecule has 1 aromatic carbocycles. The van der Waals surface area contributed by atoms with Gasteiger partial charge in [-0.3, -0.25) is 14.7 Å². The molecule has 1 fully saturated rings. The van der Waals surface area contributed by atoms with E-state index in [2.05, 4.69) is 36.7 Å². The van der Waals surface area contributed by atoms with E-state index in [0.717, 1.165) is 38.0 Å². The molecule has 0 unspecified atom stereocenters. The van der Waals surface area contributed by atoms with E-state index in [-0.39, 0.29) is 11.9 Å². The van der Waals surface area contributed by atoms with E-state index in [9.17, 15) is 4.79 Å². The zero-order chi connectivity index (χ0) is 17.1. The quantitative estimate of drug-likeness (QED) is 0.758. The van der Waals surface area contributed by atoms with Crippen LogP contribution in [0.3, 0.4) is 0 Å². The molecular formula is C18H20N6O. The Balaban J connectivity index is 1.38. The molecule has 0 spiro atoms. The molecule has 1 amide bonds. The van der Waals surface area contributed by atoms with Crippen molar-refractivity contribution in [1.29, 1.82) is 0 Å². The molecule has 0 bridgehead atoms. The molecule has 0 saturated carbocycles. The summed E-state index contributed by atoms with van der Waals surface area (Å²) >= 11 is 0. The van der Waals surface area contributed by atoms with E-state index in [0.29, 0.717) is 11.1 Å². The molecule has 3 heterocycles. The molecule has 1 aliphatic heterocycles. The summed E-state index contributed by atoms with van der Waals surface area (Å²) in [6.07, 6.45) is 5.76. The Bertz CT molecular complexity index is 862. The van der Waals surface area contributed by atoms with Gasteiger partial charge in [-0.25, -0.2) is 0 Å². The number of likely N-dealkylation sites (tertiary alicyclic amines) is 1. The number of H-pyrrole nitrogens is 1. The number of fused-ring (bicyclic) bond motifs is 1. The number of aromatic nitrogens is 4. The van der Waals surface area contributed by atoms with E-state index in [1.807, 2.05) is 18.3 Å². The topological polar surface area (TPSA) is 86.8 Å². The van der Waals surface area contributed by atoms with Gasteiger partial charge in [-0.05, 0) is 49.2 Å². The zero-order valence-corrected chi connectivity index (χ0v) is 13.9. The zero-order valence-electron chi connectivity index (χ0n) is 13.9. The molecule has 1 aliphatic rings. The van der Waals surface area contributed by atoms with Gasteiger partial charge in [0.05, 0.1) is 0 Å². The number of nitrogens with zero attached hydrogens (tertiary/aromatic N) is 4.